The molecule has 2 unspecified atom stereocenters. The number of nitrogens with zero attached hydrogens (tertiary/aromatic N) is 1. The summed E-state index contributed by atoms with van der Waals surface area (Å²) in [7, 11) is 0. The average Bonchev–Trinajstić information content (AvgIpc) is 2.54. The minimum atomic E-state index is -0.706. The second kappa shape index (κ2) is 3.73. The van der Waals surface area contributed by atoms with Crippen LogP contribution in [0.15, 0.2) is 24.4 Å². The lowest BCUT2D eigenvalue weighted by Gasteiger charge is -2.14. The first-order valence-corrected chi connectivity index (χ1v) is 4.68. The molecule has 0 bridgehead atoms. The molecule has 1 aliphatic carbocycles. The first-order chi connectivity index (χ1) is 6.36. The Labute approximate surface area is 77.2 Å². The second-order valence-corrected chi connectivity index (χ2v) is 3.41. The fourth-order valence-corrected chi connectivity index (χ4v) is 1.72. The Hall–Kier alpha value is -1.12. The summed E-state index contributed by atoms with van der Waals surface area (Å²) >= 11 is 0. The highest BCUT2D eigenvalue weighted by atomic mass is 19.1. The minimum Gasteiger partial charge on any atom is -0.364 e. The van der Waals surface area contributed by atoms with Crippen molar-refractivity contribution in [2.45, 2.75) is 31.5 Å². The smallest absolute Gasteiger partial charge is 0.126 e. The van der Waals surface area contributed by atoms with Crippen LogP contribution in [0.4, 0.5) is 10.2 Å². The summed E-state index contributed by atoms with van der Waals surface area (Å²) in [6.07, 6.45) is 3.58. The van der Waals surface area contributed by atoms with Gasteiger partial charge < -0.3 is 5.32 Å². The molecular formula is C10H13FN2. The zero-order chi connectivity index (χ0) is 9.10. The van der Waals surface area contributed by atoms with Crippen LogP contribution in [0, 0.1) is 0 Å². The van der Waals surface area contributed by atoms with Gasteiger partial charge in [-0.05, 0) is 31.4 Å². The molecular weight excluding hydrogens is 167 g/mol. The molecule has 1 heterocycles. The van der Waals surface area contributed by atoms with Gasteiger partial charge in [0.15, 0.2) is 0 Å². The number of nitrogens with one attached hydrogen (secondary N) is 1. The van der Waals surface area contributed by atoms with Crippen LogP contribution in [0.25, 0.3) is 0 Å². The number of alkyl halides is 1. The summed E-state index contributed by atoms with van der Waals surface area (Å²) in [4.78, 5) is 4.10. The number of halogens is 1. The van der Waals surface area contributed by atoms with Crippen LogP contribution in [0.3, 0.4) is 0 Å². The van der Waals surface area contributed by atoms with Gasteiger partial charge in [-0.1, -0.05) is 6.07 Å². The van der Waals surface area contributed by atoms with Crippen molar-refractivity contribution in [2.75, 3.05) is 5.32 Å². The fourth-order valence-electron chi connectivity index (χ4n) is 1.72. The highest BCUT2D eigenvalue weighted by Gasteiger charge is 2.26. The minimum absolute atomic E-state index is 0.0325. The Kier molecular flexibility index (Phi) is 2.43. The van der Waals surface area contributed by atoms with E-state index in [0.717, 1.165) is 18.7 Å². The summed E-state index contributed by atoms with van der Waals surface area (Å²) in [5.41, 5.74) is 0. The third kappa shape index (κ3) is 1.97. The molecule has 0 amide bonds. The maximum atomic E-state index is 13.2. The normalized spacial score (nSPS) is 27.5. The summed E-state index contributed by atoms with van der Waals surface area (Å²) in [6, 6.07) is 5.59. The largest absolute Gasteiger partial charge is 0.364 e. The predicted molar refractivity (Wildman–Crippen MR) is 50.4 cm³/mol. The van der Waals surface area contributed by atoms with Crippen molar-refractivity contribution in [1.29, 1.82) is 0 Å². The van der Waals surface area contributed by atoms with E-state index in [1.807, 2.05) is 18.2 Å². The Balaban J connectivity index is 1.98. The van der Waals surface area contributed by atoms with Crippen molar-refractivity contribution in [2.24, 2.45) is 0 Å². The van der Waals surface area contributed by atoms with Crippen molar-refractivity contribution >= 4 is 5.82 Å². The summed E-state index contributed by atoms with van der Waals surface area (Å²) in [5, 5.41) is 3.10. The van der Waals surface area contributed by atoms with Gasteiger partial charge in [0.2, 0.25) is 0 Å². The van der Waals surface area contributed by atoms with Gasteiger partial charge in [0.05, 0.1) is 6.04 Å². The number of rotatable bonds is 2. The van der Waals surface area contributed by atoms with E-state index in [1.54, 1.807) is 6.20 Å². The first-order valence-electron chi connectivity index (χ1n) is 4.68. The number of anilines is 1. The molecule has 0 radical (unpaired) electrons. The molecule has 1 N–H and O–H groups in total. The molecule has 0 spiro atoms. The van der Waals surface area contributed by atoms with E-state index < -0.39 is 6.17 Å². The van der Waals surface area contributed by atoms with E-state index in [2.05, 4.69) is 10.3 Å². The molecule has 1 fully saturated rings. The van der Waals surface area contributed by atoms with Crippen LogP contribution < -0.4 is 5.32 Å². The molecule has 2 atom stereocenters. The van der Waals surface area contributed by atoms with Crippen LogP contribution in [-0.4, -0.2) is 17.2 Å². The summed E-state index contributed by atoms with van der Waals surface area (Å²) < 4.78 is 13.2. The number of hydrogen-bond donors (Lipinski definition) is 1. The Morgan fingerprint density at radius 2 is 2.31 bits per heavy atom. The molecule has 1 aromatic heterocycles. The Morgan fingerprint density at radius 3 is 2.92 bits per heavy atom. The van der Waals surface area contributed by atoms with E-state index in [-0.39, 0.29) is 6.04 Å². The number of aromatic nitrogens is 1. The average molecular weight is 180 g/mol. The molecule has 0 aliphatic heterocycles. The monoisotopic (exact) mass is 180 g/mol. The molecule has 13 heavy (non-hydrogen) atoms. The lowest BCUT2D eigenvalue weighted by atomic mass is 10.2. The van der Waals surface area contributed by atoms with Crippen molar-refractivity contribution in [3.8, 4) is 0 Å². The predicted octanol–water partition coefficient (Wildman–Crippen LogP) is 2.38. The van der Waals surface area contributed by atoms with Crippen LogP contribution in [0.1, 0.15) is 19.3 Å². The highest BCUT2D eigenvalue weighted by molar-refractivity contribution is 5.35. The van der Waals surface area contributed by atoms with Gasteiger partial charge in [-0.3, -0.25) is 0 Å². The highest BCUT2D eigenvalue weighted by Crippen LogP contribution is 2.24. The topological polar surface area (TPSA) is 24.9 Å². The van der Waals surface area contributed by atoms with E-state index >= 15 is 0 Å². The van der Waals surface area contributed by atoms with Gasteiger partial charge in [0.1, 0.15) is 12.0 Å². The van der Waals surface area contributed by atoms with Crippen molar-refractivity contribution in [3.05, 3.63) is 24.4 Å². The standard InChI is InChI=1S/C10H13FN2/c11-8-4-3-5-9(8)13-10-6-1-2-7-12-10/h1-2,6-9H,3-5H2,(H,12,13). The Bertz CT molecular complexity index is 263. The van der Waals surface area contributed by atoms with Crippen LogP contribution in [-0.2, 0) is 0 Å². The molecule has 2 rings (SSSR count). The zero-order valence-electron chi connectivity index (χ0n) is 7.41. The molecule has 0 saturated heterocycles. The molecule has 0 aromatic carbocycles. The summed E-state index contributed by atoms with van der Waals surface area (Å²) in [5.74, 6) is 0.775. The fraction of sp³-hybridized carbons (Fsp3) is 0.500. The van der Waals surface area contributed by atoms with Gasteiger partial charge in [0.25, 0.3) is 0 Å². The lowest BCUT2D eigenvalue weighted by molar-refractivity contribution is 0.323. The SMILES string of the molecule is FC1CCCC1Nc1ccccn1. The van der Waals surface area contributed by atoms with E-state index in [9.17, 15) is 4.39 Å². The van der Waals surface area contributed by atoms with E-state index in [4.69, 9.17) is 0 Å². The van der Waals surface area contributed by atoms with Crippen molar-refractivity contribution in [1.82, 2.24) is 4.98 Å². The van der Waals surface area contributed by atoms with Crippen molar-refractivity contribution in [3.63, 3.8) is 0 Å². The van der Waals surface area contributed by atoms with Crippen molar-refractivity contribution < 1.29 is 4.39 Å². The van der Waals surface area contributed by atoms with E-state index in [1.165, 1.54) is 0 Å². The van der Waals surface area contributed by atoms with Gasteiger partial charge >= 0.3 is 0 Å². The second-order valence-electron chi connectivity index (χ2n) is 3.41. The lowest BCUT2D eigenvalue weighted by Crippen LogP contribution is -2.25. The zero-order valence-corrected chi connectivity index (χ0v) is 7.41. The van der Waals surface area contributed by atoms with Crippen LogP contribution in [0.2, 0.25) is 0 Å². The Morgan fingerprint density at radius 1 is 1.38 bits per heavy atom. The molecule has 70 valence electrons. The quantitative estimate of drug-likeness (QED) is 0.755. The maximum Gasteiger partial charge on any atom is 0.126 e. The summed E-state index contributed by atoms with van der Waals surface area (Å²) in [6.45, 7) is 0. The molecule has 1 saturated carbocycles. The molecule has 1 aromatic rings. The maximum absolute atomic E-state index is 13.2. The third-order valence-electron chi connectivity index (χ3n) is 2.43. The molecule has 3 heteroatoms. The molecule has 1 aliphatic rings. The van der Waals surface area contributed by atoms with Gasteiger partial charge in [0, 0.05) is 6.20 Å². The van der Waals surface area contributed by atoms with E-state index in [0.29, 0.717) is 6.42 Å². The van der Waals surface area contributed by atoms with Gasteiger partial charge in [-0.25, -0.2) is 9.37 Å². The van der Waals surface area contributed by atoms with Gasteiger partial charge in [-0.15, -0.1) is 0 Å². The first kappa shape index (κ1) is 8.48. The number of pyridine rings is 1. The van der Waals surface area contributed by atoms with Crippen LogP contribution >= 0.6 is 0 Å². The van der Waals surface area contributed by atoms with Crippen LogP contribution in [0.5, 0.6) is 0 Å². The number of hydrogen-bond acceptors (Lipinski definition) is 2. The molecule has 2 nitrogen and oxygen atoms in total. The third-order valence-corrected chi connectivity index (χ3v) is 2.43. The van der Waals surface area contributed by atoms with Gasteiger partial charge in [-0.2, -0.15) is 0 Å².